The van der Waals surface area contributed by atoms with Gasteiger partial charge in [0.2, 0.25) is 10.0 Å². The molecule has 0 aliphatic rings. The highest BCUT2D eigenvalue weighted by molar-refractivity contribution is 7.89. The fourth-order valence-electron chi connectivity index (χ4n) is 2.07. The van der Waals surface area contributed by atoms with Gasteiger partial charge < -0.3 is 4.74 Å². The molecule has 0 radical (unpaired) electrons. The molecule has 0 aromatic heterocycles. The molecule has 2 aromatic rings. The van der Waals surface area contributed by atoms with Crippen LogP contribution in [0.4, 0.5) is 4.39 Å². The summed E-state index contributed by atoms with van der Waals surface area (Å²) in [5.41, 5.74) is 1.08. The Balaban J connectivity index is 1.88. The second-order valence-electron chi connectivity index (χ2n) is 5.17. The van der Waals surface area contributed by atoms with Crippen LogP contribution in [0.15, 0.2) is 48.5 Å². The van der Waals surface area contributed by atoms with E-state index in [0.29, 0.717) is 12.2 Å². The van der Waals surface area contributed by atoms with Crippen LogP contribution in [0.2, 0.25) is 0 Å². The number of aryl methyl sites for hydroxylation is 1. The summed E-state index contributed by atoms with van der Waals surface area (Å²) in [6, 6.07) is 12.1. The standard InChI is InChI=1S/C17H18FNO4S/c1-23-16-4-2-3-13(11-16)9-10-24(21,22)19-12-17(20)14-5-7-15(18)8-6-14/h2-8,11,19H,9-10,12H2,1H3. The number of ketones is 1. The van der Waals surface area contributed by atoms with E-state index < -0.39 is 21.6 Å². The number of nitrogens with one attached hydrogen (secondary N) is 1. The Hall–Kier alpha value is -2.25. The average Bonchev–Trinajstić information content (AvgIpc) is 2.59. The van der Waals surface area contributed by atoms with Crippen molar-refractivity contribution in [2.24, 2.45) is 0 Å². The van der Waals surface area contributed by atoms with Gasteiger partial charge in [-0.25, -0.2) is 17.5 Å². The van der Waals surface area contributed by atoms with Crippen molar-refractivity contribution in [3.05, 3.63) is 65.5 Å². The minimum atomic E-state index is -3.60. The smallest absolute Gasteiger partial charge is 0.212 e. The molecule has 1 N–H and O–H groups in total. The molecular formula is C17H18FNO4S. The zero-order valence-corrected chi connectivity index (χ0v) is 14.0. The Morgan fingerprint density at radius 1 is 1.17 bits per heavy atom. The fraction of sp³-hybridized carbons (Fsp3) is 0.235. The van der Waals surface area contributed by atoms with Crippen molar-refractivity contribution in [1.29, 1.82) is 0 Å². The van der Waals surface area contributed by atoms with Gasteiger partial charge in [0.1, 0.15) is 11.6 Å². The number of rotatable bonds is 8. The second-order valence-corrected chi connectivity index (χ2v) is 7.10. The maximum absolute atomic E-state index is 12.8. The number of Topliss-reactive ketones (excluding diaryl/α,β-unsaturated/α-hetero) is 1. The Labute approximate surface area is 140 Å². The lowest BCUT2D eigenvalue weighted by Crippen LogP contribution is -2.32. The van der Waals surface area contributed by atoms with Crippen molar-refractivity contribution >= 4 is 15.8 Å². The number of methoxy groups -OCH3 is 1. The number of hydrogen-bond acceptors (Lipinski definition) is 4. The minimum Gasteiger partial charge on any atom is -0.497 e. The van der Waals surface area contributed by atoms with E-state index >= 15 is 0 Å². The molecule has 0 saturated heterocycles. The van der Waals surface area contributed by atoms with Crippen LogP contribution in [-0.4, -0.2) is 33.6 Å². The molecule has 0 heterocycles. The Bertz CT molecular complexity index is 804. The lowest BCUT2D eigenvalue weighted by molar-refractivity contribution is 0.0997. The molecule has 24 heavy (non-hydrogen) atoms. The van der Waals surface area contributed by atoms with Crippen LogP contribution in [0.1, 0.15) is 15.9 Å². The van der Waals surface area contributed by atoms with E-state index in [4.69, 9.17) is 4.74 Å². The zero-order chi connectivity index (χ0) is 17.6. The zero-order valence-electron chi connectivity index (χ0n) is 13.2. The largest absolute Gasteiger partial charge is 0.497 e. The fourth-order valence-corrected chi connectivity index (χ4v) is 3.07. The first-order chi connectivity index (χ1) is 11.4. The van der Waals surface area contributed by atoms with Crippen molar-refractivity contribution in [3.63, 3.8) is 0 Å². The molecule has 7 heteroatoms. The van der Waals surface area contributed by atoms with Crippen molar-refractivity contribution in [2.45, 2.75) is 6.42 Å². The van der Waals surface area contributed by atoms with Crippen LogP contribution in [0, 0.1) is 5.82 Å². The van der Waals surface area contributed by atoms with Crippen LogP contribution in [0.5, 0.6) is 5.75 Å². The van der Waals surface area contributed by atoms with Gasteiger partial charge in [-0.3, -0.25) is 4.79 Å². The van der Waals surface area contributed by atoms with Gasteiger partial charge in [-0.2, -0.15) is 0 Å². The summed E-state index contributed by atoms with van der Waals surface area (Å²) < 4.78 is 44.2. The van der Waals surface area contributed by atoms with Gasteiger partial charge in [-0.05, 0) is 48.4 Å². The molecule has 2 aromatic carbocycles. The minimum absolute atomic E-state index is 0.142. The molecule has 2 rings (SSSR count). The third-order valence-corrected chi connectivity index (χ3v) is 4.74. The number of carbonyl (C=O) groups excluding carboxylic acids is 1. The van der Waals surface area contributed by atoms with E-state index in [9.17, 15) is 17.6 Å². The topological polar surface area (TPSA) is 72.5 Å². The van der Waals surface area contributed by atoms with Gasteiger partial charge in [-0.15, -0.1) is 0 Å². The molecular weight excluding hydrogens is 333 g/mol. The van der Waals surface area contributed by atoms with Crippen molar-refractivity contribution in [2.75, 3.05) is 19.4 Å². The molecule has 0 aliphatic carbocycles. The first kappa shape index (κ1) is 18.1. The van der Waals surface area contributed by atoms with E-state index in [1.165, 1.54) is 12.1 Å². The highest BCUT2D eigenvalue weighted by atomic mass is 32.2. The number of halogens is 1. The molecule has 0 amide bonds. The summed E-state index contributed by atoms with van der Waals surface area (Å²) in [4.78, 5) is 11.9. The van der Waals surface area contributed by atoms with E-state index in [0.717, 1.165) is 17.7 Å². The summed E-state index contributed by atoms with van der Waals surface area (Å²) in [6.07, 6.45) is 0.303. The number of sulfonamides is 1. The maximum Gasteiger partial charge on any atom is 0.212 e. The molecule has 0 bridgehead atoms. The third-order valence-electron chi connectivity index (χ3n) is 3.41. The predicted octanol–water partition coefficient (Wildman–Crippen LogP) is 2.18. The Morgan fingerprint density at radius 3 is 2.54 bits per heavy atom. The van der Waals surface area contributed by atoms with E-state index in [1.54, 1.807) is 25.3 Å². The Morgan fingerprint density at radius 2 is 1.88 bits per heavy atom. The average molecular weight is 351 g/mol. The highest BCUT2D eigenvalue weighted by Gasteiger charge is 2.14. The summed E-state index contributed by atoms with van der Waals surface area (Å²) >= 11 is 0. The first-order valence-electron chi connectivity index (χ1n) is 7.29. The number of benzene rings is 2. The van der Waals surface area contributed by atoms with Crippen molar-refractivity contribution in [1.82, 2.24) is 4.72 Å². The van der Waals surface area contributed by atoms with Crippen LogP contribution in [-0.2, 0) is 16.4 Å². The quantitative estimate of drug-likeness (QED) is 0.740. The predicted molar refractivity (Wildman–Crippen MR) is 89.2 cm³/mol. The normalized spacial score (nSPS) is 11.2. The molecule has 0 unspecified atom stereocenters. The van der Waals surface area contributed by atoms with Gasteiger partial charge in [0, 0.05) is 5.56 Å². The van der Waals surface area contributed by atoms with E-state index in [1.807, 2.05) is 6.07 Å². The molecule has 5 nitrogen and oxygen atoms in total. The van der Waals surface area contributed by atoms with Crippen LogP contribution in [0.25, 0.3) is 0 Å². The summed E-state index contributed by atoms with van der Waals surface area (Å²) in [5, 5.41) is 0. The summed E-state index contributed by atoms with van der Waals surface area (Å²) in [6.45, 7) is -0.355. The first-order valence-corrected chi connectivity index (χ1v) is 8.94. The number of carbonyl (C=O) groups is 1. The molecule has 0 atom stereocenters. The van der Waals surface area contributed by atoms with Gasteiger partial charge >= 0.3 is 0 Å². The monoisotopic (exact) mass is 351 g/mol. The summed E-state index contributed by atoms with van der Waals surface area (Å²) in [7, 11) is -2.06. The molecule has 0 aliphatic heterocycles. The lowest BCUT2D eigenvalue weighted by Gasteiger charge is -2.07. The SMILES string of the molecule is COc1cccc(CCS(=O)(=O)NCC(=O)c2ccc(F)cc2)c1. The highest BCUT2D eigenvalue weighted by Crippen LogP contribution is 2.13. The van der Waals surface area contributed by atoms with Gasteiger partial charge in [0.05, 0.1) is 19.4 Å². The maximum atomic E-state index is 12.8. The molecule has 0 saturated carbocycles. The number of ether oxygens (including phenoxy) is 1. The third kappa shape index (κ3) is 5.43. The van der Waals surface area contributed by atoms with Crippen LogP contribution in [0.3, 0.4) is 0 Å². The van der Waals surface area contributed by atoms with E-state index in [-0.39, 0.29) is 17.9 Å². The molecule has 128 valence electrons. The van der Waals surface area contributed by atoms with Gasteiger partial charge in [0.25, 0.3) is 0 Å². The van der Waals surface area contributed by atoms with Gasteiger partial charge in [0.15, 0.2) is 5.78 Å². The second kappa shape index (κ2) is 8.03. The van der Waals surface area contributed by atoms with Crippen LogP contribution < -0.4 is 9.46 Å². The molecule has 0 spiro atoms. The van der Waals surface area contributed by atoms with E-state index in [2.05, 4.69) is 4.72 Å². The molecule has 0 fully saturated rings. The van der Waals surface area contributed by atoms with Gasteiger partial charge in [-0.1, -0.05) is 12.1 Å². The lowest BCUT2D eigenvalue weighted by atomic mass is 10.1. The van der Waals surface area contributed by atoms with Crippen LogP contribution >= 0.6 is 0 Å². The number of hydrogen-bond donors (Lipinski definition) is 1. The van der Waals surface area contributed by atoms with Crippen molar-refractivity contribution in [3.8, 4) is 5.75 Å². The summed E-state index contributed by atoms with van der Waals surface area (Å²) in [5.74, 6) is -0.355. The Kier molecular flexibility index (Phi) is 6.05. The van der Waals surface area contributed by atoms with Crippen molar-refractivity contribution < 1.29 is 22.3 Å².